The quantitative estimate of drug-likeness (QED) is 0.194. The fourth-order valence-corrected chi connectivity index (χ4v) is 4.25. The second-order valence-corrected chi connectivity index (χ2v) is 9.23. The zero-order chi connectivity index (χ0) is 22.9. The number of nitrogens with zero attached hydrogens (tertiary/aromatic N) is 1. The molecule has 0 aromatic heterocycles. The van der Waals surface area contributed by atoms with Gasteiger partial charge in [-0.2, -0.15) is 0 Å². The minimum Gasteiger partial charge on any atom is -0.493 e. The number of hydrogen-bond donors (Lipinski definition) is 2. The van der Waals surface area contributed by atoms with Gasteiger partial charge in [-0.1, -0.05) is 18.2 Å². The Morgan fingerprint density at radius 1 is 1.06 bits per heavy atom. The number of methoxy groups -OCH3 is 1. The topological polar surface area (TPSA) is 89.0 Å². The van der Waals surface area contributed by atoms with Gasteiger partial charge in [0.05, 0.1) is 18.6 Å². The van der Waals surface area contributed by atoms with Gasteiger partial charge in [-0.25, -0.2) is 8.42 Å². The van der Waals surface area contributed by atoms with Gasteiger partial charge >= 0.3 is 0 Å². The average molecular weight is 576 g/mol. The summed E-state index contributed by atoms with van der Waals surface area (Å²) < 4.78 is 34.5. The van der Waals surface area contributed by atoms with Crippen molar-refractivity contribution in [2.75, 3.05) is 33.6 Å². The van der Waals surface area contributed by atoms with E-state index in [-0.39, 0.29) is 24.0 Å². The molecule has 178 valence electrons. The first-order valence-electron chi connectivity index (χ1n) is 10.3. The van der Waals surface area contributed by atoms with Gasteiger partial charge in [-0.05, 0) is 61.6 Å². The second-order valence-electron chi connectivity index (χ2n) is 7.25. The number of sulfone groups is 1. The third kappa shape index (κ3) is 8.50. The van der Waals surface area contributed by atoms with Crippen molar-refractivity contribution in [3.63, 3.8) is 0 Å². The highest BCUT2D eigenvalue weighted by Gasteiger charge is 2.11. The van der Waals surface area contributed by atoms with Crippen LogP contribution in [0.4, 0.5) is 0 Å². The van der Waals surface area contributed by atoms with Crippen molar-refractivity contribution in [3.05, 3.63) is 53.1 Å². The smallest absolute Gasteiger partial charge is 0.191 e. The summed E-state index contributed by atoms with van der Waals surface area (Å²) in [6.07, 6.45) is 3.06. The van der Waals surface area contributed by atoms with Crippen molar-refractivity contribution < 1.29 is 17.9 Å². The monoisotopic (exact) mass is 575 g/mol. The van der Waals surface area contributed by atoms with E-state index in [4.69, 9.17) is 9.47 Å². The van der Waals surface area contributed by atoms with Crippen LogP contribution in [0.2, 0.25) is 0 Å². The van der Waals surface area contributed by atoms with Gasteiger partial charge in [0.15, 0.2) is 27.3 Å². The summed E-state index contributed by atoms with van der Waals surface area (Å²) in [5.41, 5.74) is 2.93. The Balaban J connectivity index is 0.00000512. The highest BCUT2D eigenvalue weighted by molar-refractivity contribution is 14.0. The van der Waals surface area contributed by atoms with Crippen molar-refractivity contribution >= 4 is 39.8 Å². The molecule has 0 bridgehead atoms. The van der Waals surface area contributed by atoms with Crippen LogP contribution in [-0.4, -0.2) is 47.9 Å². The van der Waals surface area contributed by atoms with E-state index in [0.29, 0.717) is 24.0 Å². The Labute approximate surface area is 208 Å². The van der Waals surface area contributed by atoms with Crippen molar-refractivity contribution in [1.82, 2.24) is 10.6 Å². The van der Waals surface area contributed by atoms with Gasteiger partial charge in [-0.15, -0.1) is 24.0 Å². The maximum Gasteiger partial charge on any atom is 0.191 e. The molecule has 0 aliphatic rings. The molecule has 0 aliphatic heterocycles. The van der Waals surface area contributed by atoms with E-state index in [1.54, 1.807) is 20.2 Å². The summed E-state index contributed by atoms with van der Waals surface area (Å²) >= 11 is 0. The highest BCUT2D eigenvalue weighted by atomic mass is 127. The van der Waals surface area contributed by atoms with Gasteiger partial charge in [0.25, 0.3) is 0 Å². The Morgan fingerprint density at radius 2 is 1.78 bits per heavy atom. The number of ether oxygens (including phenoxy) is 2. The molecule has 0 spiro atoms. The van der Waals surface area contributed by atoms with Crippen LogP contribution in [-0.2, 0) is 22.8 Å². The predicted molar refractivity (Wildman–Crippen MR) is 140 cm³/mol. The van der Waals surface area contributed by atoms with E-state index in [1.807, 2.05) is 38.1 Å². The molecule has 0 unspecified atom stereocenters. The SMILES string of the molecule is CCOc1cc(CCCNC(=NC)NCc2ccc(S(C)(=O)=O)c(C)c2)ccc1OC.I. The molecule has 2 N–H and O–H groups in total. The summed E-state index contributed by atoms with van der Waals surface area (Å²) in [4.78, 5) is 4.62. The minimum atomic E-state index is -3.21. The Bertz CT molecular complexity index is 1010. The third-order valence-corrected chi connectivity index (χ3v) is 6.04. The van der Waals surface area contributed by atoms with Crippen LogP contribution in [0.1, 0.15) is 30.0 Å². The molecule has 0 saturated heterocycles. The van der Waals surface area contributed by atoms with Crippen LogP contribution in [0, 0.1) is 6.92 Å². The number of aliphatic imine (C=N–C) groups is 1. The van der Waals surface area contributed by atoms with E-state index in [9.17, 15) is 8.42 Å². The lowest BCUT2D eigenvalue weighted by Crippen LogP contribution is -2.37. The van der Waals surface area contributed by atoms with Crippen LogP contribution in [0.3, 0.4) is 0 Å². The largest absolute Gasteiger partial charge is 0.493 e. The molecule has 0 atom stereocenters. The van der Waals surface area contributed by atoms with Crippen LogP contribution >= 0.6 is 24.0 Å². The Kier molecular flexibility index (Phi) is 11.8. The fraction of sp³-hybridized carbons (Fsp3) is 0.435. The minimum absolute atomic E-state index is 0. The van der Waals surface area contributed by atoms with Crippen LogP contribution in [0.5, 0.6) is 11.5 Å². The summed E-state index contributed by atoms with van der Waals surface area (Å²) in [7, 11) is 0.162. The lowest BCUT2D eigenvalue weighted by molar-refractivity contribution is 0.310. The molecule has 32 heavy (non-hydrogen) atoms. The molecule has 2 rings (SSSR count). The maximum absolute atomic E-state index is 11.8. The number of guanidine groups is 1. The number of hydrogen-bond acceptors (Lipinski definition) is 5. The Hall–Kier alpha value is -2.01. The highest BCUT2D eigenvalue weighted by Crippen LogP contribution is 2.28. The molecule has 0 radical (unpaired) electrons. The zero-order valence-corrected chi connectivity index (χ0v) is 22.5. The average Bonchev–Trinajstić information content (AvgIpc) is 2.73. The van der Waals surface area contributed by atoms with Crippen LogP contribution in [0.15, 0.2) is 46.3 Å². The van der Waals surface area contributed by atoms with Crippen molar-refractivity contribution in [2.24, 2.45) is 4.99 Å². The molecule has 7 nitrogen and oxygen atoms in total. The molecular formula is C23H34IN3O4S. The predicted octanol–water partition coefficient (Wildman–Crippen LogP) is 3.72. The van der Waals surface area contributed by atoms with Gasteiger partial charge < -0.3 is 20.1 Å². The summed E-state index contributed by atoms with van der Waals surface area (Å²) in [6, 6.07) is 11.4. The lowest BCUT2D eigenvalue weighted by Gasteiger charge is -2.14. The summed E-state index contributed by atoms with van der Waals surface area (Å²) in [5, 5.41) is 6.57. The molecule has 0 amide bonds. The molecule has 0 aliphatic carbocycles. The fourth-order valence-electron chi connectivity index (χ4n) is 3.29. The number of halogens is 1. The Morgan fingerprint density at radius 3 is 2.38 bits per heavy atom. The number of benzene rings is 2. The van der Waals surface area contributed by atoms with E-state index in [0.717, 1.165) is 42.0 Å². The van der Waals surface area contributed by atoms with Gasteiger partial charge in [0, 0.05) is 26.4 Å². The van der Waals surface area contributed by atoms with Gasteiger partial charge in [-0.3, -0.25) is 4.99 Å². The van der Waals surface area contributed by atoms with E-state index in [1.165, 1.54) is 11.8 Å². The van der Waals surface area contributed by atoms with E-state index in [2.05, 4.69) is 21.7 Å². The van der Waals surface area contributed by atoms with Gasteiger partial charge in [0.2, 0.25) is 0 Å². The first kappa shape index (κ1) is 28.0. The van der Waals surface area contributed by atoms with Gasteiger partial charge in [0.1, 0.15) is 0 Å². The maximum atomic E-state index is 11.8. The second kappa shape index (κ2) is 13.5. The molecular weight excluding hydrogens is 541 g/mol. The molecule has 2 aromatic carbocycles. The normalized spacial score (nSPS) is 11.5. The molecule has 2 aromatic rings. The first-order chi connectivity index (χ1) is 14.8. The lowest BCUT2D eigenvalue weighted by atomic mass is 10.1. The van der Waals surface area contributed by atoms with Crippen LogP contribution < -0.4 is 20.1 Å². The molecule has 9 heteroatoms. The first-order valence-corrected chi connectivity index (χ1v) is 12.2. The van der Waals surface area contributed by atoms with Crippen LogP contribution in [0.25, 0.3) is 0 Å². The van der Waals surface area contributed by atoms with E-state index < -0.39 is 9.84 Å². The standard InChI is InChI=1S/C23H33N3O4S.HI/c1-6-30-21-15-18(9-11-20(21)29-4)8-7-13-25-23(24-3)26-16-19-10-12-22(17(2)14-19)31(5,27)28;/h9-12,14-15H,6-8,13,16H2,1-5H3,(H2,24,25,26);1H. The summed E-state index contributed by atoms with van der Waals surface area (Å²) in [6.45, 7) is 5.68. The third-order valence-electron chi connectivity index (χ3n) is 4.78. The zero-order valence-electron chi connectivity index (χ0n) is 19.4. The number of aryl methyl sites for hydroxylation is 2. The molecule has 0 saturated carbocycles. The van der Waals surface area contributed by atoms with E-state index >= 15 is 0 Å². The van der Waals surface area contributed by atoms with Crippen molar-refractivity contribution in [1.29, 1.82) is 0 Å². The molecule has 0 heterocycles. The number of nitrogens with one attached hydrogen (secondary N) is 2. The summed E-state index contributed by atoms with van der Waals surface area (Å²) in [5.74, 6) is 2.22. The number of rotatable bonds is 10. The van der Waals surface area contributed by atoms with Crippen molar-refractivity contribution in [3.8, 4) is 11.5 Å². The van der Waals surface area contributed by atoms with Crippen molar-refractivity contribution in [2.45, 2.75) is 38.1 Å². The molecule has 0 fully saturated rings.